The van der Waals surface area contributed by atoms with Crippen molar-refractivity contribution in [2.45, 2.75) is 6.54 Å². The van der Waals surface area contributed by atoms with Crippen molar-refractivity contribution < 1.29 is 4.79 Å². The summed E-state index contributed by atoms with van der Waals surface area (Å²) in [6.45, 7) is 0.264. The first-order valence-corrected chi connectivity index (χ1v) is 3.62. The third-order valence-electron chi connectivity index (χ3n) is 1.65. The number of pyridine rings is 1. The second-order valence-electron chi connectivity index (χ2n) is 2.41. The highest BCUT2D eigenvalue weighted by atomic mass is 16.1. The van der Waals surface area contributed by atoms with Crippen LogP contribution in [0.2, 0.25) is 0 Å². The molecule has 0 aromatic carbocycles. The first-order chi connectivity index (χ1) is 5.92. The molecular weight excluding hydrogens is 154 g/mol. The molecule has 0 unspecified atom stereocenters. The molecule has 0 amide bonds. The number of hydrogen-bond donors (Lipinski definition) is 0. The maximum absolute atomic E-state index is 10.2. The van der Waals surface area contributed by atoms with Crippen LogP contribution in [-0.4, -0.2) is 21.1 Å². The fourth-order valence-corrected chi connectivity index (χ4v) is 1.12. The summed E-state index contributed by atoms with van der Waals surface area (Å²) in [7, 11) is 0. The molecule has 0 saturated heterocycles. The van der Waals surface area contributed by atoms with Crippen molar-refractivity contribution in [3.05, 3.63) is 24.5 Å². The van der Waals surface area contributed by atoms with Crippen LogP contribution in [-0.2, 0) is 11.3 Å². The van der Waals surface area contributed by atoms with Crippen molar-refractivity contribution in [3.63, 3.8) is 0 Å². The predicted octanol–water partition coefficient (Wildman–Crippen LogP) is 0.630. The summed E-state index contributed by atoms with van der Waals surface area (Å²) < 4.78 is 1.57. The minimum atomic E-state index is 0.264. The largest absolute Gasteiger partial charge is 0.301 e. The van der Waals surface area contributed by atoms with Gasteiger partial charge in [0.25, 0.3) is 0 Å². The van der Waals surface area contributed by atoms with Gasteiger partial charge in [-0.25, -0.2) is 9.67 Å². The van der Waals surface area contributed by atoms with E-state index in [4.69, 9.17) is 0 Å². The first-order valence-electron chi connectivity index (χ1n) is 3.62. The van der Waals surface area contributed by atoms with E-state index in [2.05, 4.69) is 10.1 Å². The van der Waals surface area contributed by atoms with E-state index in [9.17, 15) is 4.79 Å². The maximum atomic E-state index is 10.2. The highest BCUT2D eigenvalue weighted by molar-refractivity contribution is 5.74. The van der Waals surface area contributed by atoms with E-state index in [1.807, 2.05) is 12.1 Å². The Morgan fingerprint density at radius 2 is 2.50 bits per heavy atom. The minimum absolute atomic E-state index is 0.264. The Kier molecular flexibility index (Phi) is 1.59. The Morgan fingerprint density at radius 1 is 1.58 bits per heavy atom. The molecule has 0 aliphatic carbocycles. The summed E-state index contributed by atoms with van der Waals surface area (Å²) in [6.07, 6.45) is 4.19. The van der Waals surface area contributed by atoms with Crippen molar-refractivity contribution in [2.24, 2.45) is 0 Å². The van der Waals surface area contributed by atoms with Gasteiger partial charge in [0.05, 0.1) is 12.7 Å². The molecular formula is C8H7N3O. The van der Waals surface area contributed by atoms with Crippen molar-refractivity contribution in [2.75, 3.05) is 0 Å². The van der Waals surface area contributed by atoms with Gasteiger partial charge in [-0.05, 0) is 12.1 Å². The van der Waals surface area contributed by atoms with E-state index in [-0.39, 0.29) is 6.54 Å². The van der Waals surface area contributed by atoms with Gasteiger partial charge in [0.1, 0.15) is 6.29 Å². The Hall–Kier alpha value is -1.71. The van der Waals surface area contributed by atoms with Crippen LogP contribution in [0.25, 0.3) is 11.0 Å². The summed E-state index contributed by atoms with van der Waals surface area (Å²) in [5, 5.41) is 4.97. The van der Waals surface area contributed by atoms with Gasteiger partial charge in [-0.3, -0.25) is 0 Å². The minimum Gasteiger partial charge on any atom is -0.301 e. The fourth-order valence-electron chi connectivity index (χ4n) is 1.12. The molecule has 2 rings (SSSR count). The van der Waals surface area contributed by atoms with Crippen LogP contribution in [0.1, 0.15) is 0 Å². The SMILES string of the molecule is O=CCn1ncc2cccnc21. The van der Waals surface area contributed by atoms with Gasteiger partial charge >= 0.3 is 0 Å². The fraction of sp³-hybridized carbons (Fsp3) is 0.125. The number of carbonyl (C=O) groups excluding carboxylic acids is 1. The summed E-state index contributed by atoms with van der Waals surface area (Å²) in [5.74, 6) is 0. The molecule has 2 heterocycles. The van der Waals surface area contributed by atoms with Gasteiger partial charge in [-0.15, -0.1) is 0 Å². The molecule has 0 radical (unpaired) electrons. The van der Waals surface area contributed by atoms with Crippen LogP contribution < -0.4 is 0 Å². The summed E-state index contributed by atoms with van der Waals surface area (Å²) in [4.78, 5) is 14.3. The zero-order valence-corrected chi connectivity index (χ0v) is 6.34. The van der Waals surface area contributed by atoms with E-state index in [0.29, 0.717) is 0 Å². The molecule has 0 aliphatic rings. The number of aromatic nitrogens is 3. The van der Waals surface area contributed by atoms with Crippen molar-refractivity contribution in [1.29, 1.82) is 0 Å². The summed E-state index contributed by atoms with van der Waals surface area (Å²) in [5.41, 5.74) is 0.754. The van der Waals surface area contributed by atoms with Gasteiger partial charge in [-0.2, -0.15) is 5.10 Å². The third-order valence-corrected chi connectivity index (χ3v) is 1.65. The van der Waals surface area contributed by atoms with E-state index in [1.165, 1.54) is 0 Å². The van der Waals surface area contributed by atoms with Crippen LogP contribution in [0.5, 0.6) is 0 Å². The molecule has 0 saturated carbocycles. The summed E-state index contributed by atoms with van der Waals surface area (Å²) >= 11 is 0. The average molecular weight is 161 g/mol. The van der Waals surface area contributed by atoms with Gasteiger partial charge in [0.15, 0.2) is 5.65 Å². The van der Waals surface area contributed by atoms with E-state index in [0.717, 1.165) is 17.3 Å². The predicted molar refractivity (Wildman–Crippen MR) is 43.6 cm³/mol. The maximum Gasteiger partial charge on any atom is 0.158 e. The van der Waals surface area contributed by atoms with Gasteiger partial charge in [0.2, 0.25) is 0 Å². The molecule has 4 heteroatoms. The van der Waals surface area contributed by atoms with Gasteiger partial charge in [-0.1, -0.05) is 0 Å². The molecule has 12 heavy (non-hydrogen) atoms. The highest BCUT2D eigenvalue weighted by Crippen LogP contribution is 2.08. The smallest absolute Gasteiger partial charge is 0.158 e. The Labute approximate surface area is 68.8 Å². The number of aldehydes is 1. The summed E-state index contributed by atoms with van der Waals surface area (Å²) in [6, 6.07) is 3.76. The molecule has 0 spiro atoms. The number of rotatable bonds is 2. The molecule has 60 valence electrons. The molecule has 0 atom stereocenters. The molecule has 0 bridgehead atoms. The van der Waals surface area contributed by atoms with Gasteiger partial charge < -0.3 is 4.79 Å². The van der Waals surface area contributed by atoms with Crippen LogP contribution >= 0.6 is 0 Å². The lowest BCUT2D eigenvalue weighted by Gasteiger charge is -1.93. The number of fused-ring (bicyclic) bond motifs is 1. The van der Waals surface area contributed by atoms with Crippen LogP contribution in [0.4, 0.5) is 0 Å². The topological polar surface area (TPSA) is 47.8 Å². The molecule has 0 fully saturated rings. The number of hydrogen-bond acceptors (Lipinski definition) is 3. The Bertz CT molecular complexity index is 407. The zero-order chi connectivity index (χ0) is 8.39. The van der Waals surface area contributed by atoms with Crippen LogP contribution in [0, 0.1) is 0 Å². The van der Waals surface area contributed by atoms with Crippen LogP contribution in [0.3, 0.4) is 0 Å². The zero-order valence-electron chi connectivity index (χ0n) is 6.34. The molecule has 2 aromatic rings. The highest BCUT2D eigenvalue weighted by Gasteiger charge is 2.00. The van der Waals surface area contributed by atoms with E-state index >= 15 is 0 Å². The quantitative estimate of drug-likeness (QED) is 0.607. The van der Waals surface area contributed by atoms with Gasteiger partial charge in [0, 0.05) is 11.6 Å². The lowest BCUT2D eigenvalue weighted by molar-refractivity contribution is -0.108. The van der Waals surface area contributed by atoms with Crippen molar-refractivity contribution in [3.8, 4) is 0 Å². The van der Waals surface area contributed by atoms with Crippen molar-refractivity contribution in [1.82, 2.24) is 14.8 Å². The van der Waals surface area contributed by atoms with Crippen LogP contribution in [0.15, 0.2) is 24.5 Å². The van der Waals surface area contributed by atoms with Crippen molar-refractivity contribution >= 4 is 17.3 Å². The second kappa shape index (κ2) is 2.73. The van der Waals surface area contributed by atoms with E-state index in [1.54, 1.807) is 17.1 Å². The first kappa shape index (κ1) is 6.97. The molecule has 2 aromatic heterocycles. The standard InChI is InChI=1S/C8H7N3O/c12-5-4-11-8-7(6-10-11)2-1-3-9-8/h1-3,5-6H,4H2. The second-order valence-corrected chi connectivity index (χ2v) is 2.41. The average Bonchev–Trinajstić information content (AvgIpc) is 2.50. The Morgan fingerprint density at radius 3 is 3.33 bits per heavy atom. The third kappa shape index (κ3) is 0.972. The normalized spacial score (nSPS) is 10.3. The number of nitrogens with zero attached hydrogens (tertiary/aromatic N) is 3. The lowest BCUT2D eigenvalue weighted by Crippen LogP contribution is -2.00. The molecule has 0 N–H and O–H groups in total. The Balaban J connectivity index is 2.62. The van der Waals surface area contributed by atoms with E-state index < -0.39 is 0 Å². The molecule has 0 aliphatic heterocycles. The molecule has 4 nitrogen and oxygen atoms in total. The number of carbonyl (C=O) groups is 1. The monoisotopic (exact) mass is 161 g/mol. The lowest BCUT2D eigenvalue weighted by atomic mass is 10.4.